The molecule has 1 aliphatic rings. The molecule has 0 aromatic heterocycles. The van der Waals surface area contributed by atoms with Crippen molar-refractivity contribution < 1.29 is 9.59 Å². The van der Waals surface area contributed by atoms with Gasteiger partial charge in [-0.3, -0.25) is 20.0 Å². The van der Waals surface area contributed by atoms with Crippen molar-refractivity contribution >= 4 is 12.3 Å². The highest BCUT2D eigenvalue weighted by molar-refractivity contribution is 5.78. The third kappa shape index (κ3) is 1.19. The third-order valence-corrected chi connectivity index (χ3v) is 1.28. The molecule has 1 heterocycles. The maximum atomic E-state index is 10.7. The molecule has 50 valence electrons. The van der Waals surface area contributed by atoms with Crippen LogP contribution in [0.25, 0.3) is 0 Å². The minimum absolute atomic E-state index is 0.00194. The van der Waals surface area contributed by atoms with Crippen LogP contribution in [0.5, 0.6) is 0 Å². The summed E-state index contributed by atoms with van der Waals surface area (Å²) in [6.07, 6.45) is 1.92. The number of hydrazine groups is 1. The second-order valence-electron chi connectivity index (χ2n) is 1.90. The normalized spacial score (nSPS) is 18.2. The first-order valence-electron chi connectivity index (χ1n) is 2.85. The predicted octanol–water partition coefficient (Wildman–Crippen LogP) is -0.730. The van der Waals surface area contributed by atoms with Crippen LogP contribution in [0.4, 0.5) is 0 Å². The summed E-state index contributed by atoms with van der Waals surface area (Å²) in [6, 6.07) is 0. The van der Waals surface area contributed by atoms with Crippen molar-refractivity contribution in [1.29, 1.82) is 0 Å². The SMILES string of the molecule is O=CNN1CCCC1=O. The van der Waals surface area contributed by atoms with Crippen LogP contribution in [-0.4, -0.2) is 23.9 Å². The van der Waals surface area contributed by atoms with E-state index in [-0.39, 0.29) is 5.91 Å². The zero-order valence-electron chi connectivity index (χ0n) is 4.96. The first-order valence-corrected chi connectivity index (χ1v) is 2.85. The second-order valence-corrected chi connectivity index (χ2v) is 1.90. The monoisotopic (exact) mass is 128 g/mol. The van der Waals surface area contributed by atoms with Gasteiger partial charge in [0.1, 0.15) is 0 Å². The van der Waals surface area contributed by atoms with E-state index >= 15 is 0 Å². The number of hydrogen-bond acceptors (Lipinski definition) is 2. The van der Waals surface area contributed by atoms with Crippen molar-refractivity contribution in [3.8, 4) is 0 Å². The predicted molar refractivity (Wildman–Crippen MR) is 30.1 cm³/mol. The largest absolute Gasteiger partial charge is 0.277 e. The van der Waals surface area contributed by atoms with Crippen molar-refractivity contribution in [1.82, 2.24) is 10.4 Å². The average Bonchev–Trinajstić information content (AvgIpc) is 2.18. The Morgan fingerprint density at radius 2 is 2.44 bits per heavy atom. The van der Waals surface area contributed by atoms with Gasteiger partial charge in [-0.2, -0.15) is 0 Å². The number of hydrogen-bond donors (Lipinski definition) is 1. The van der Waals surface area contributed by atoms with E-state index in [1.54, 1.807) is 0 Å². The highest BCUT2D eigenvalue weighted by Gasteiger charge is 2.18. The number of nitrogens with zero attached hydrogens (tertiary/aromatic N) is 1. The van der Waals surface area contributed by atoms with E-state index in [2.05, 4.69) is 5.43 Å². The summed E-state index contributed by atoms with van der Waals surface area (Å²) in [5, 5.41) is 1.33. The molecule has 0 radical (unpaired) electrons. The molecule has 0 aromatic carbocycles. The highest BCUT2D eigenvalue weighted by atomic mass is 16.2. The maximum Gasteiger partial charge on any atom is 0.241 e. The summed E-state index contributed by atoms with van der Waals surface area (Å²) in [4.78, 5) is 20.5. The van der Waals surface area contributed by atoms with Gasteiger partial charge in [-0.15, -0.1) is 0 Å². The standard InChI is InChI=1S/C5H8N2O2/c8-4-6-7-3-1-2-5(7)9/h4H,1-3H2,(H,6,8). The Labute approximate surface area is 52.8 Å². The van der Waals surface area contributed by atoms with E-state index in [0.717, 1.165) is 6.42 Å². The Morgan fingerprint density at radius 3 is 2.89 bits per heavy atom. The third-order valence-electron chi connectivity index (χ3n) is 1.28. The lowest BCUT2D eigenvalue weighted by Gasteiger charge is -2.11. The lowest BCUT2D eigenvalue weighted by Crippen LogP contribution is -2.37. The molecule has 1 fully saturated rings. The van der Waals surface area contributed by atoms with Gasteiger partial charge < -0.3 is 0 Å². The van der Waals surface area contributed by atoms with Gasteiger partial charge in [0.15, 0.2) is 0 Å². The molecule has 0 saturated carbocycles. The van der Waals surface area contributed by atoms with E-state index in [1.165, 1.54) is 5.01 Å². The minimum Gasteiger partial charge on any atom is -0.277 e. The molecular formula is C5H8N2O2. The van der Waals surface area contributed by atoms with Gasteiger partial charge in [0.2, 0.25) is 12.3 Å². The first kappa shape index (κ1) is 6.07. The second kappa shape index (κ2) is 2.48. The molecular weight excluding hydrogens is 120 g/mol. The zero-order chi connectivity index (χ0) is 6.69. The Balaban J connectivity index is 2.39. The number of rotatable bonds is 2. The molecule has 0 unspecified atom stereocenters. The topological polar surface area (TPSA) is 49.4 Å². The fourth-order valence-corrected chi connectivity index (χ4v) is 0.848. The minimum atomic E-state index is 0.00194. The van der Waals surface area contributed by atoms with Crippen molar-refractivity contribution in [2.24, 2.45) is 0 Å². The Morgan fingerprint density at radius 1 is 1.67 bits per heavy atom. The number of nitrogens with one attached hydrogen (secondary N) is 1. The molecule has 1 aliphatic heterocycles. The fraction of sp³-hybridized carbons (Fsp3) is 0.600. The summed E-state index contributed by atoms with van der Waals surface area (Å²) < 4.78 is 0. The Hall–Kier alpha value is -1.06. The first-order chi connectivity index (χ1) is 4.34. The average molecular weight is 128 g/mol. The Bertz CT molecular complexity index is 135. The van der Waals surface area contributed by atoms with Crippen LogP contribution in [0, 0.1) is 0 Å². The highest BCUT2D eigenvalue weighted by Crippen LogP contribution is 2.04. The van der Waals surface area contributed by atoms with Gasteiger partial charge in [0.25, 0.3) is 0 Å². The van der Waals surface area contributed by atoms with E-state index in [4.69, 9.17) is 0 Å². The van der Waals surface area contributed by atoms with Gasteiger partial charge in [-0.25, -0.2) is 0 Å². The lowest BCUT2D eigenvalue weighted by molar-refractivity contribution is -0.133. The fourth-order valence-electron chi connectivity index (χ4n) is 0.848. The molecule has 1 rings (SSSR count). The summed E-state index contributed by atoms with van der Waals surface area (Å²) >= 11 is 0. The van der Waals surface area contributed by atoms with Crippen LogP contribution < -0.4 is 5.43 Å². The van der Waals surface area contributed by atoms with Gasteiger partial charge >= 0.3 is 0 Å². The molecule has 0 aliphatic carbocycles. The van der Waals surface area contributed by atoms with Crippen molar-refractivity contribution in [3.05, 3.63) is 0 Å². The molecule has 2 amide bonds. The lowest BCUT2D eigenvalue weighted by atomic mass is 10.4. The summed E-state index contributed by atoms with van der Waals surface area (Å²) in [5.41, 5.74) is 2.30. The van der Waals surface area contributed by atoms with E-state index in [0.29, 0.717) is 19.4 Å². The summed E-state index contributed by atoms with van der Waals surface area (Å²) in [7, 11) is 0. The molecule has 0 spiro atoms. The van der Waals surface area contributed by atoms with E-state index in [1.807, 2.05) is 0 Å². The number of carbonyl (C=O) groups excluding carboxylic acids is 2. The summed E-state index contributed by atoms with van der Waals surface area (Å²) in [6.45, 7) is 0.650. The van der Waals surface area contributed by atoms with Gasteiger partial charge in [0.05, 0.1) is 0 Å². The van der Waals surface area contributed by atoms with Crippen LogP contribution in [-0.2, 0) is 9.59 Å². The Kier molecular flexibility index (Phi) is 1.67. The molecule has 4 nitrogen and oxygen atoms in total. The van der Waals surface area contributed by atoms with Gasteiger partial charge in [-0.1, -0.05) is 0 Å². The maximum absolute atomic E-state index is 10.7. The molecule has 1 N–H and O–H groups in total. The van der Waals surface area contributed by atoms with Crippen LogP contribution in [0.1, 0.15) is 12.8 Å². The van der Waals surface area contributed by atoms with E-state index < -0.39 is 0 Å². The van der Waals surface area contributed by atoms with Crippen molar-refractivity contribution in [3.63, 3.8) is 0 Å². The zero-order valence-corrected chi connectivity index (χ0v) is 4.96. The van der Waals surface area contributed by atoms with Gasteiger partial charge in [-0.05, 0) is 6.42 Å². The van der Waals surface area contributed by atoms with Crippen LogP contribution >= 0.6 is 0 Å². The molecule has 0 bridgehead atoms. The molecule has 4 heteroatoms. The van der Waals surface area contributed by atoms with Gasteiger partial charge in [0, 0.05) is 13.0 Å². The molecule has 0 atom stereocenters. The van der Waals surface area contributed by atoms with Crippen molar-refractivity contribution in [2.45, 2.75) is 12.8 Å². The van der Waals surface area contributed by atoms with Crippen LogP contribution in [0.2, 0.25) is 0 Å². The molecule has 1 saturated heterocycles. The quantitative estimate of drug-likeness (QED) is 0.498. The van der Waals surface area contributed by atoms with Crippen LogP contribution in [0.3, 0.4) is 0 Å². The van der Waals surface area contributed by atoms with E-state index in [9.17, 15) is 9.59 Å². The molecule has 0 aromatic rings. The number of carbonyl (C=O) groups is 2. The smallest absolute Gasteiger partial charge is 0.241 e. The summed E-state index contributed by atoms with van der Waals surface area (Å²) in [5.74, 6) is 0.00194. The number of amides is 2. The van der Waals surface area contributed by atoms with Crippen LogP contribution in [0.15, 0.2) is 0 Å². The van der Waals surface area contributed by atoms with Crippen molar-refractivity contribution in [2.75, 3.05) is 6.54 Å². The molecule has 9 heavy (non-hydrogen) atoms.